The van der Waals surface area contributed by atoms with Gasteiger partial charge >= 0.3 is 0 Å². The standard InChI is InChI=1S/C11H21N5O2/c12-11(16-5-7-18-8-6-16)14-2-4-15-3-1-13-10(17)9-15/h1-9H2,(H2,12,14)(H,13,17). The van der Waals surface area contributed by atoms with Crippen LogP contribution in [0.5, 0.6) is 0 Å². The van der Waals surface area contributed by atoms with Crippen LogP contribution in [0.15, 0.2) is 4.99 Å². The largest absolute Gasteiger partial charge is 0.378 e. The molecule has 2 aliphatic rings. The van der Waals surface area contributed by atoms with Crippen molar-refractivity contribution in [2.45, 2.75) is 0 Å². The third-order valence-corrected chi connectivity index (χ3v) is 3.14. The molecule has 7 heteroatoms. The number of hydrogen-bond donors (Lipinski definition) is 2. The van der Waals surface area contributed by atoms with E-state index in [1.165, 1.54) is 0 Å². The summed E-state index contributed by atoms with van der Waals surface area (Å²) in [5.41, 5.74) is 5.91. The number of amides is 1. The molecule has 0 saturated carbocycles. The average Bonchev–Trinajstić information content (AvgIpc) is 2.40. The monoisotopic (exact) mass is 255 g/mol. The van der Waals surface area contributed by atoms with Crippen molar-refractivity contribution in [1.29, 1.82) is 0 Å². The zero-order valence-corrected chi connectivity index (χ0v) is 10.6. The van der Waals surface area contributed by atoms with Crippen LogP contribution in [0.1, 0.15) is 0 Å². The fraction of sp³-hybridized carbons (Fsp3) is 0.818. The van der Waals surface area contributed by atoms with Crippen molar-refractivity contribution in [2.75, 3.05) is 59.0 Å². The Labute approximate surface area is 107 Å². The first-order valence-electron chi connectivity index (χ1n) is 6.37. The first-order chi connectivity index (χ1) is 8.75. The predicted octanol–water partition coefficient (Wildman–Crippen LogP) is -1.93. The molecule has 2 aliphatic heterocycles. The number of ether oxygens (including phenoxy) is 1. The molecular formula is C11H21N5O2. The van der Waals surface area contributed by atoms with Gasteiger partial charge in [0.05, 0.1) is 26.3 Å². The second-order valence-corrected chi connectivity index (χ2v) is 4.47. The molecule has 0 spiro atoms. The molecule has 18 heavy (non-hydrogen) atoms. The molecule has 0 radical (unpaired) electrons. The summed E-state index contributed by atoms with van der Waals surface area (Å²) in [6, 6.07) is 0. The lowest BCUT2D eigenvalue weighted by molar-refractivity contribution is -0.124. The van der Waals surface area contributed by atoms with Crippen molar-refractivity contribution in [3.63, 3.8) is 0 Å². The highest BCUT2D eigenvalue weighted by Gasteiger charge is 2.15. The molecule has 2 heterocycles. The lowest BCUT2D eigenvalue weighted by Crippen LogP contribution is -2.48. The van der Waals surface area contributed by atoms with Gasteiger partial charge in [0.15, 0.2) is 5.96 Å². The zero-order chi connectivity index (χ0) is 12.8. The van der Waals surface area contributed by atoms with Gasteiger partial charge < -0.3 is 20.7 Å². The molecule has 0 bridgehead atoms. The van der Waals surface area contributed by atoms with E-state index in [-0.39, 0.29) is 5.91 Å². The number of aliphatic imine (C=N–C) groups is 1. The van der Waals surface area contributed by atoms with Crippen LogP contribution < -0.4 is 11.1 Å². The van der Waals surface area contributed by atoms with Gasteiger partial charge in [-0.1, -0.05) is 0 Å². The second kappa shape index (κ2) is 6.55. The van der Waals surface area contributed by atoms with E-state index in [4.69, 9.17) is 10.5 Å². The molecular weight excluding hydrogens is 234 g/mol. The van der Waals surface area contributed by atoms with Crippen molar-refractivity contribution >= 4 is 11.9 Å². The van der Waals surface area contributed by atoms with Gasteiger partial charge in [-0.2, -0.15) is 0 Å². The Morgan fingerprint density at radius 2 is 2.17 bits per heavy atom. The Kier molecular flexibility index (Phi) is 4.77. The zero-order valence-electron chi connectivity index (χ0n) is 10.6. The average molecular weight is 255 g/mol. The highest BCUT2D eigenvalue weighted by Crippen LogP contribution is 1.97. The van der Waals surface area contributed by atoms with Gasteiger partial charge in [-0.05, 0) is 0 Å². The number of carbonyl (C=O) groups excluding carboxylic acids is 1. The first-order valence-corrected chi connectivity index (χ1v) is 6.37. The molecule has 3 N–H and O–H groups in total. The Morgan fingerprint density at radius 3 is 2.89 bits per heavy atom. The molecule has 0 aromatic carbocycles. The quantitative estimate of drug-likeness (QED) is 0.453. The molecule has 0 atom stereocenters. The van der Waals surface area contributed by atoms with E-state index >= 15 is 0 Å². The lowest BCUT2D eigenvalue weighted by atomic mass is 10.3. The molecule has 0 aromatic rings. The van der Waals surface area contributed by atoms with E-state index in [0.29, 0.717) is 32.3 Å². The predicted molar refractivity (Wildman–Crippen MR) is 68.3 cm³/mol. The first kappa shape index (κ1) is 13.1. The van der Waals surface area contributed by atoms with Crippen LogP contribution in [-0.4, -0.2) is 80.7 Å². The smallest absolute Gasteiger partial charge is 0.234 e. The van der Waals surface area contributed by atoms with Crippen molar-refractivity contribution < 1.29 is 9.53 Å². The molecule has 2 fully saturated rings. The van der Waals surface area contributed by atoms with Gasteiger partial charge in [0.2, 0.25) is 5.91 Å². The third kappa shape index (κ3) is 3.85. The van der Waals surface area contributed by atoms with Gasteiger partial charge in [-0.3, -0.25) is 14.7 Å². The fourth-order valence-corrected chi connectivity index (χ4v) is 2.08. The van der Waals surface area contributed by atoms with Gasteiger partial charge in [0.1, 0.15) is 0 Å². The maximum atomic E-state index is 11.2. The summed E-state index contributed by atoms with van der Waals surface area (Å²) >= 11 is 0. The van der Waals surface area contributed by atoms with E-state index in [1.807, 2.05) is 4.90 Å². The van der Waals surface area contributed by atoms with Crippen LogP contribution in [0.2, 0.25) is 0 Å². The van der Waals surface area contributed by atoms with Crippen molar-refractivity contribution in [3.05, 3.63) is 0 Å². The maximum Gasteiger partial charge on any atom is 0.234 e. The van der Waals surface area contributed by atoms with E-state index in [1.54, 1.807) is 0 Å². The summed E-state index contributed by atoms with van der Waals surface area (Å²) in [4.78, 5) is 19.7. The molecule has 7 nitrogen and oxygen atoms in total. The summed E-state index contributed by atoms with van der Waals surface area (Å²) < 4.78 is 5.26. The van der Waals surface area contributed by atoms with E-state index in [0.717, 1.165) is 32.7 Å². The molecule has 2 saturated heterocycles. The number of piperazine rings is 1. The summed E-state index contributed by atoms with van der Waals surface area (Å²) in [5.74, 6) is 0.672. The Balaban J connectivity index is 1.70. The number of hydrogen-bond acceptors (Lipinski definition) is 4. The Morgan fingerprint density at radius 1 is 1.39 bits per heavy atom. The summed E-state index contributed by atoms with van der Waals surface area (Å²) in [6.45, 7) is 6.52. The fourth-order valence-electron chi connectivity index (χ4n) is 2.08. The molecule has 2 rings (SSSR count). The van der Waals surface area contributed by atoms with Crippen LogP contribution in [0, 0.1) is 0 Å². The summed E-state index contributed by atoms with van der Waals surface area (Å²) in [6.07, 6.45) is 0. The molecule has 1 amide bonds. The van der Waals surface area contributed by atoms with Gasteiger partial charge in [-0.25, -0.2) is 0 Å². The van der Waals surface area contributed by atoms with Gasteiger partial charge in [0.25, 0.3) is 0 Å². The van der Waals surface area contributed by atoms with Gasteiger partial charge in [-0.15, -0.1) is 0 Å². The van der Waals surface area contributed by atoms with Crippen LogP contribution in [0.4, 0.5) is 0 Å². The number of nitrogens with two attached hydrogens (primary N) is 1. The summed E-state index contributed by atoms with van der Waals surface area (Å²) in [5, 5.41) is 2.80. The minimum absolute atomic E-state index is 0.0892. The third-order valence-electron chi connectivity index (χ3n) is 3.14. The van der Waals surface area contributed by atoms with Crippen molar-refractivity contribution in [2.24, 2.45) is 10.7 Å². The second-order valence-electron chi connectivity index (χ2n) is 4.47. The minimum atomic E-state index is 0.0892. The van der Waals surface area contributed by atoms with Crippen LogP contribution in [0.3, 0.4) is 0 Å². The number of guanidine groups is 1. The number of nitrogens with zero attached hydrogens (tertiary/aromatic N) is 3. The van der Waals surface area contributed by atoms with E-state index < -0.39 is 0 Å². The SMILES string of the molecule is NC(=NCCN1CCNC(=O)C1)N1CCOCC1. The number of rotatable bonds is 3. The Bertz CT molecular complexity index is 315. The summed E-state index contributed by atoms with van der Waals surface area (Å²) in [7, 11) is 0. The topological polar surface area (TPSA) is 83.2 Å². The number of carbonyl (C=O) groups is 1. The minimum Gasteiger partial charge on any atom is -0.378 e. The Hall–Kier alpha value is -1.34. The van der Waals surface area contributed by atoms with Gasteiger partial charge in [0, 0.05) is 32.7 Å². The van der Waals surface area contributed by atoms with Crippen molar-refractivity contribution in [1.82, 2.24) is 15.1 Å². The number of morpholine rings is 1. The van der Waals surface area contributed by atoms with Crippen LogP contribution in [-0.2, 0) is 9.53 Å². The molecule has 0 aromatic heterocycles. The molecule has 0 aliphatic carbocycles. The highest BCUT2D eigenvalue weighted by atomic mass is 16.5. The normalized spacial score (nSPS) is 23.0. The van der Waals surface area contributed by atoms with Crippen LogP contribution in [0.25, 0.3) is 0 Å². The van der Waals surface area contributed by atoms with Crippen LogP contribution >= 0.6 is 0 Å². The van der Waals surface area contributed by atoms with E-state index in [9.17, 15) is 4.79 Å². The maximum absolute atomic E-state index is 11.2. The highest BCUT2D eigenvalue weighted by molar-refractivity contribution is 5.79. The van der Waals surface area contributed by atoms with E-state index in [2.05, 4.69) is 15.2 Å². The molecule has 102 valence electrons. The number of nitrogens with one attached hydrogen (secondary N) is 1. The lowest BCUT2D eigenvalue weighted by Gasteiger charge is -2.28. The molecule has 0 unspecified atom stereocenters. The van der Waals surface area contributed by atoms with Crippen molar-refractivity contribution in [3.8, 4) is 0 Å².